The van der Waals surface area contributed by atoms with E-state index < -0.39 is 33.5 Å². The van der Waals surface area contributed by atoms with Crippen molar-refractivity contribution >= 4 is 50.1 Å². The fourth-order valence-electron chi connectivity index (χ4n) is 5.21. The molecule has 0 spiro atoms. The summed E-state index contributed by atoms with van der Waals surface area (Å²) >= 11 is 1.32. The lowest BCUT2D eigenvalue weighted by atomic mass is 10.1. The molecule has 0 aliphatic carbocycles. The summed E-state index contributed by atoms with van der Waals surface area (Å²) in [6.45, 7) is 13.2. The van der Waals surface area contributed by atoms with Crippen LogP contribution in [0.4, 0.5) is 16.2 Å². The number of amides is 2. The number of aryl methyl sites for hydroxylation is 1. The Kier molecular flexibility index (Phi) is 9.38. The highest BCUT2D eigenvalue weighted by molar-refractivity contribution is 8.16. The van der Waals surface area contributed by atoms with Crippen molar-refractivity contribution in [1.29, 1.82) is 0 Å². The zero-order valence-electron chi connectivity index (χ0n) is 24.6. The van der Waals surface area contributed by atoms with Gasteiger partial charge in [-0.25, -0.2) is 13.2 Å². The predicted molar refractivity (Wildman–Crippen MR) is 167 cm³/mol. The molecule has 41 heavy (non-hydrogen) atoms. The smallest absolute Gasteiger partial charge is 0.408 e. The first kappa shape index (κ1) is 30.9. The highest BCUT2D eigenvalue weighted by Crippen LogP contribution is 2.42. The number of hydrogen-bond donors (Lipinski definition) is 1. The number of aliphatic imine (C=N–C) groups is 1. The van der Waals surface area contributed by atoms with Gasteiger partial charge in [-0.05, 0) is 70.9 Å². The summed E-state index contributed by atoms with van der Waals surface area (Å²) in [4.78, 5) is 35.1. The molecule has 2 saturated heterocycles. The normalized spacial score (nSPS) is 21.4. The van der Waals surface area contributed by atoms with Crippen molar-refractivity contribution in [1.82, 2.24) is 5.32 Å². The summed E-state index contributed by atoms with van der Waals surface area (Å²) in [6.07, 6.45) is -0.465. The number of alkyl carbamates (subject to hydrolysis) is 1. The minimum atomic E-state index is -3.22. The number of ether oxygens (including phenoxy) is 1. The lowest BCUT2D eigenvalue weighted by Crippen LogP contribution is -2.45. The van der Waals surface area contributed by atoms with E-state index in [4.69, 9.17) is 4.74 Å². The van der Waals surface area contributed by atoms with Gasteiger partial charge < -0.3 is 19.9 Å². The third-order valence-corrected chi connectivity index (χ3v) is 10.3. The number of fused-ring (bicyclic) bond motifs is 1. The van der Waals surface area contributed by atoms with E-state index in [0.717, 1.165) is 35.6 Å². The summed E-state index contributed by atoms with van der Waals surface area (Å²) in [7, 11) is -3.22. The Bertz CT molecular complexity index is 1400. The summed E-state index contributed by atoms with van der Waals surface area (Å²) < 4.78 is 30.6. The number of anilines is 2. The summed E-state index contributed by atoms with van der Waals surface area (Å²) in [5.74, 6) is -0.488. The standard InChI is InChI=1S/C30H40N4O5S2/c1-7-33(8-2)22-14-15-24(20(3)16-22)34-25-18-41(37,38)19-26(25)40-28(34)32-27(35)23(17-21-12-10-9-11-13-21)31-29(36)39-30(4,5)6/h9-16,23,25-26H,7-8,17-19H2,1-6H3,(H,31,36). The van der Waals surface area contributed by atoms with E-state index in [-0.39, 0.29) is 29.2 Å². The number of carbonyl (C=O) groups excluding carboxylic acids is 2. The van der Waals surface area contributed by atoms with Gasteiger partial charge in [-0.3, -0.25) is 4.79 Å². The van der Waals surface area contributed by atoms with Crippen molar-refractivity contribution in [3.8, 4) is 0 Å². The number of rotatable bonds is 8. The van der Waals surface area contributed by atoms with E-state index in [1.807, 2.05) is 54.3 Å². The molecular formula is C30H40N4O5S2. The Hall–Kier alpha value is -3.05. The number of nitrogens with zero attached hydrogens (tertiary/aromatic N) is 3. The van der Waals surface area contributed by atoms with Gasteiger partial charge >= 0.3 is 6.09 Å². The van der Waals surface area contributed by atoms with Crippen LogP contribution in [-0.2, 0) is 25.8 Å². The molecule has 222 valence electrons. The SMILES string of the molecule is CCN(CC)c1ccc(N2C(=NC(=O)C(Cc3ccccc3)NC(=O)OC(C)(C)C)SC3CS(=O)(=O)CC32)c(C)c1. The molecule has 2 aromatic carbocycles. The fourth-order valence-corrected chi connectivity index (χ4v) is 9.13. The minimum Gasteiger partial charge on any atom is -0.444 e. The van der Waals surface area contributed by atoms with Crippen molar-refractivity contribution < 1.29 is 22.7 Å². The second kappa shape index (κ2) is 12.4. The van der Waals surface area contributed by atoms with E-state index in [0.29, 0.717) is 5.17 Å². The lowest BCUT2D eigenvalue weighted by Gasteiger charge is -2.28. The van der Waals surface area contributed by atoms with Gasteiger partial charge in [0.25, 0.3) is 5.91 Å². The van der Waals surface area contributed by atoms with E-state index in [1.165, 1.54) is 11.8 Å². The molecule has 2 aliphatic heterocycles. The molecule has 4 rings (SSSR count). The van der Waals surface area contributed by atoms with E-state index in [9.17, 15) is 18.0 Å². The van der Waals surface area contributed by atoms with Crippen molar-refractivity contribution in [2.45, 2.75) is 70.9 Å². The number of benzene rings is 2. The van der Waals surface area contributed by atoms with Crippen LogP contribution in [0.25, 0.3) is 0 Å². The first-order chi connectivity index (χ1) is 19.3. The highest BCUT2D eigenvalue weighted by atomic mass is 32.2. The predicted octanol–water partition coefficient (Wildman–Crippen LogP) is 4.58. The number of carbonyl (C=O) groups is 2. The van der Waals surface area contributed by atoms with Crippen LogP contribution in [0.5, 0.6) is 0 Å². The Morgan fingerprint density at radius 3 is 2.41 bits per heavy atom. The topological polar surface area (TPSA) is 108 Å². The Balaban J connectivity index is 1.69. The molecule has 2 aliphatic rings. The Labute approximate surface area is 247 Å². The molecule has 2 amide bonds. The van der Waals surface area contributed by atoms with Crippen LogP contribution in [0, 0.1) is 6.92 Å². The molecule has 0 aromatic heterocycles. The van der Waals surface area contributed by atoms with E-state index in [2.05, 4.69) is 35.1 Å². The van der Waals surface area contributed by atoms with Crippen molar-refractivity contribution in [2.75, 3.05) is 34.4 Å². The summed E-state index contributed by atoms with van der Waals surface area (Å²) in [5, 5.41) is 2.92. The van der Waals surface area contributed by atoms with Crippen LogP contribution < -0.4 is 15.1 Å². The third-order valence-electron chi connectivity index (χ3n) is 7.11. The fraction of sp³-hybridized carbons (Fsp3) is 0.500. The second-order valence-electron chi connectivity index (χ2n) is 11.4. The Morgan fingerprint density at radius 1 is 1.12 bits per heavy atom. The second-order valence-corrected chi connectivity index (χ2v) is 14.8. The molecule has 2 aromatic rings. The van der Waals surface area contributed by atoms with Crippen LogP contribution in [0.1, 0.15) is 45.7 Å². The van der Waals surface area contributed by atoms with Crippen LogP contribution in [0.2, 0.25) is 0 Å². The molecule has 0 saturated carbocycles. The molecule has 2 heterocycles. The van der Waals surface area contributed by atoms with Gasteiger partial charge in [0.1, 0.15) is 11.6 Å². The maximum atomic E-state index is 13.7. The maximum Gasteiger partial charge on any atom is 0.408 e. The zero-order valence-corrected chi connectivity index (χ0v) is 26.2. The van der Waals surface area contributed by atoms with E-state index in [1.54, 1.807) is 20.8 Å². The van der Waals surface area contributed by atoms with Crippen LogP contribution in [0.15, 0.2) is 53.5 Å². The van der Waals surface area contributed by atoms with Crippen LogP contribution in [0.3, 0.4) is 0 Å². The molecule has 11 heteroatoms. The highest BCUT2D eigenvalue weighted by Gasteiger charge is 2.50. The van der Waals surface area contributed by atoms with Crippen molar-refractivity contribution in [3.05, 3.63) is 59.7 Å². The molecule has 3 atom stereocenters. The molecule has 9 nitrogen and oxygen atoms in total. The van der Waals surface area contributed by atoms with Crippen molar-refractivity contribution in [3.63, 3.8) is 0 Å². The molecule has 1 N–H and O–H groups in total. The number of sulfone groups is 1. The number of amidine groups is 1. The van der Waals surface area contributed by atoms with Gasteiger partial charge in [0.15, 0.2) is 15.0 Å². The van der Waals surface area contributed by atoms with Gasteiger partial charge in [0, 0.05) is 36.1 Å². The average Bonchev–Trinajstić information content (AvgIpc) is 3.34. The summed E-state index contributed by atoms with van der Waals surface area (Å²) in [6, 6.07) is 14.2. The van der Waals surface area contributed by atoms with Crippen LogP contribution in [-0.4, -0.2) is 73.1 Å². The minimum absolute atomic E-state index is 0.00127. The first-order valence-corrected chi connectivity index (χ1v) is 16.7. The van der Waals surface area contributed by atoms with Gasteiger partial charge in [-0.1, -0.05) is 42.1 Å². The van der Waals surface area contributed by atoms with Crippen molar-refractivity contribution in [2.24, 2.45) is 4.99 Å². The molecule has 0 radical (unpaired) electrons. The molecular weight excluding hydrogens is 560 g/mol. The zero-order chi connectivity index (χ0) is 29.9. The third kappa shape index (κ3) is 7.62. The first-order valence-electron chi connectivity index (χ1n) is 14.0. The number of thioether (sulfide) groups is 1. The van der Waals surface area contributed by atoms with Gasteiger partial charge in [-0.15, -0.1) is 0 Å². The van der Waals surface area contributed by atoms with Gasteiger partial charge in [0.2, 0.25) is 0 Å². The van der Waals surface area contributed by atoms with E-state index >= 15 is 0 Å². The molecule has 3 unspecified atom stereocenters. The number of hydrogen-bond acceptors (Lipinski definition) is 7. The van der Waals surface area contributed by atoms with Gasteiger partial charge in [0.05, 0.1) is 17.5 Å². The average molecular weight is 601 g/mol. The lowest BCUT2D eigenvalue weighted by molar-refractivity contribution is -0.119. The summed E-state index contributed by atoms with van der Waals surface area (Å²) in [5.41, 5.74) is 3.00. The molecule has 0 bridgehead atoms. The Morgan fingerprint density at radius 2 is 1.80 bits per heavy atom. The monoisotopic (exact) mass is 600 g/mol. The largest absolute Gasteiger partial charge is 0.444 e. The van der Waals surface area contributed by atoms with Gasteiger partial charge in [-0.2, -0.15) is 4.99 Å². The van der Waals surface area contributed by atoms with Crippen LogP contribution >= 0.6 is 11.8 Å². The quantitative estimate of drug-likeness (QED) is 0.469. The molecule has 2 fully saturated rings. The number of nitrogens with one attached hydrogen (secondary N) is 1. The maximum absolute atomic E-state index is 13.7.